The fourth-order valence-electron chi connectivity index (χ4n) is 5.44. The van der Waals surface area contributed by atoms with Gasteiger partial charge >= 0.3 is 5.97 Å². The van der Waals surface area contributed by atoms with Gasteiger partial charge in [-0.25, -0.2) is 4.79 Å². The average molecular weight is 698 g/mol. The molecule has 0 bridgehead atoms. The Morgan fingerprint density at radius 3 is 2.30 bits per heavy atom. The van der Waals surface area contributed by atoms with E-state index in [1.807, 2.05) is 6.08 Å². The lowest BCUT2D eigenvalue weighted by Gasteiger charge is -2.28. The van der Waals surface area contributed by atoms with Gasteiger partial charge in [-0.2, -0.15) is 0 Å². The predicted molar refractivity (Wildman–Crippen MR) is 189 cm³/mol. The number of primary amides is 1. The van der Waals surface area contributed by atoms with Crippen LogP contribution in [0.15, 0.2) is 48.6 Å². The zero-order chi connectivity index (χ0) is 37.4. The third-order valence-electron chi connectivity index (χ3n) is 8.48. The quantitative estimate of drug-likeness (QED) is 0.0858. The first-order valence-electron chi connectivity index (χ1n) is 17.4. The van der Waals surface area contributed by atoms with Crippen molar-refractivity contribution in [3.8, 4) is 5.75 Å². The van der Waals surface area contributed by atoms with Crippen molar-refractivity contribution >= 4 is 35.5 Å². The monoisotopic (exact) mass is 697 g/mol. The van der Waals surface area contributed by atoms with Crippen LogP contribution >= 0.6 is 0 Å². The molecule has 50 heavy (non-hydrogen) atoms. The number of allylic oxidation sites excluding steroid dienone is 1. The fourth-order valence-corrected chi connectivity index (χ4v) is 5.44. The lowest BCUT2D eigenvalue weighted by molar-refractivity contribution is -0.148. The van der Waals surface area contributed by atoms with E-state index in [9.17, 15) is 33.9 Å². The minimum absolute atomic E-state index is 0.0487. The summed E-state index contributed by atoms with van der Waals surface area (Å²) in [5, 5.41) is 20.5. The number of aromatic hydroxyl groups is 1. The maximum absolute atomic E-state index is 14.0. The third-order valence-corrected chi connectivity index (χ3v) is 8.48. The molecule has 0 radical (unpaired) electrons. The van der Waals surface area contributed by atoms with E-state index in [-0.39, 0.29) is 24.7 Å². The summed E-state index contributed by atoms with van der Waals surface area (Å²) in [5.74, 6) is -6.33. The highest BCUT2D eigenvalue weighted by atomic mass is 16.5. The Morgan fingerprint density at radius 1 is 1.02 bits per heavy atom. The van der Waals surface area contributed by atoms with Gasteiger partial charge in [0.2, 0.25) is 29.5 Å². The average Bonchev–Trinajstić information content (AvgIpc) is 3.05. The van der Waals surface area contributed by atoms with E-state index in [1.54, 1.807) is 45.9 Å². The van der Waals surface area contributed by atoms with Gasteiger partial charge in [-0.05, 0) is 55.7 Å². The summed E-state index contributed by atoms with van der Waals surface area (Å²) < 4.78 is 5.36. The van der Waals surface area contributed by atoms with Crippen molar-refractivity contribution in [1.29, 1.82) is 0 Å². The van der Waals surface area contributed by atoms with Crippen LogP contribution in [-0.2, 0) is 39.9 Å². The van der Waals surface area contributed by atoms with Crippen LogP contribution in [0.3, 0.4) is 0 Å². The molecule has 6 atom stereocenters. The number of carbonyl (C=O) groups is 6. The van der Waals surface area contributed by atoms with Gasteiger partial charge in [0.25, 0.3) is 0 Å². The number of benzene rings is 1. The van der Waals surface area contributed by atoms with Crippen molar-refractivity contribution in [2.75, 3.05) is 6.61 Å². The van der Waals surface area contributed by atoms with Gasteiger partial charge in [-0.15, -0.1) is 0 Å². The molecule has 0 saturated heterocycles. The van der Waals surface area contributed by atoms with Crippen molar-refractivity contribution in [1.82, 2.24) is 21.3 Å². The van der Waals surface area contributed by atoms with Crippen LogP contribution in [0.25, 0.3) is 0 Å². The smallest absolute Gasteiger partial charge is 0.328 e. The van der Waals surface area contributed by atoms with Crippen LogP contribution in [0.1, 0.15) is 79.2 Å². The first-order chi connectivity index (χ1) is 23.6. The number of hydrogen-bond acceptors (Lipinski definition) is 8. The number of ether oxygens (including phenoxy) is 1. The number of esters is 1. The molecular formula is C37H55N5O8. The minimum Gasteiger partial charge on any atom is -0.508 e. The molecule has 1 heterocycles. The first kappa shape index (κ1) is 41.5. The second-order valence-electron chi connectivity index (χ2n) is 13.5. The van der Waals surface area contributed by atoms with Gasteiger partial charge in [0.1, 0.15) is 30.5 Å². The SMILES string of the molecule is CCCCCCC=CC(C(N)=O)[C@H](Cc1ccc(O)cc1)C(=O)N[C@H](C(=O)N[C@@H]1/C=C\C(=O)N[C@@H](C(C)C)C(=O)N[C@@H](C)C(=O)OC1)C(C)C. The van der Waals surface area contributed by atoms with E-state index < -0.39 is 77.4 Å². The Balaban J connectivity index is 2.33. The van der Waals surface area contributed by atoms with Crippen molar-refractivity contribution in [2.24, 2.45) is 29.4 Å². The Labute approximate surface area is 295 Å². The van der Waals surface area contributed by atoms with E-state index in [1.165, 1.54) is 25.1 Å². The zero-order valence-electron chi connectivity index (χ0n) is 30.1. The minimum atomic E-state index is -1.08. The molecule has 1 aliphatic heterocycles. The summed E-state index contributed by atoms with van der Waals surface area (Å²) >= 11 is 0. The highest BCUT2D eigenvalue weighted by Gasteiger charge is 2.35. The van der Waals surface area contributed by atoms with Gasteiger partial charge in [0.15, 0.2) is 0 Å². The molecule has 1 aliphatic rings. The van der Waals surface area contributed by atoms with Crippen molar-refractivity contribution < 1.29 is 38.6 Å². The van der Waals surface area contributed by atoms with Crippen molar-refractivity contribution in [3.63, 3.8) is 0 Å². The summed E-state index contributed by atoms with van der Waals surface area (Å²) in [6.45, 7) is 10.2. The lowest BCUT2D eigenvalue weighted by atomic mass is 9.84. The molecule has 1 aromatic carbocycles. The zero-order valence-corrected chi connectivity index (χ0v) is 30.1. The maximum Gasteiger partial charge on any atom is 0.328 e. The standard InChI is InChI=1S/C37H55N5O8/c1-7-8-9-10-11-12-13-28(33(38)45)29(20-25-14-17-27(43)18-15-25)34(46)42-32(23(4)5)36(48)40-26-16-19-30(44)41-31(22(2)3)35(47)39-24(6)37(49)50-21-26/h12-19,22-24,26,28-29,31-32,43H,7-11,20-21H2,1-6H3,(H2,38,45)(H,39,47)(H,40,48)(H,41,44)(H,42,46)/b13-12?,19-16-/t24-,26+,28?,29-,31-,32-/m0/s1. The summed E-state index contributed by atoms with van der Waals surface area (Å²) in [6.07, 6.45) is 11.0. The second kappa shape index (κ2) is 20.7. The van der Waals surface area contributed by atoms with Gasteiger partial charge in [-0.1, -0.05) is 84.2 Å². The van der Waals surface area contributed by atoms with Gasteiger partial charge < -0.3 is 36.8 Å². The molecule has 2 rings (SSSR count). The maximum atomic E-state index is 14.0. The van der Waals surface area contributed by atoms with Gasteiger partial charge in [0, 0.05) is 6.08 Å². The van der Waals surface area contributed by atoms with E-state index in [2.05, 4.69) is 28.2 Å². The Bertz CT molecular complexity index is 1370. The summed E-state index contributed by atoms with van der Waals surface area (Å²) in [4.78, 5) is 78.5. The second-order valence-corrected chi connectivity index (χ2v) is 13.5. The van der Waals surface area contributed by atoms with Crippen LogP contribution in [0.2, 0.25) is 0 Å². The van der Waals surface area contributed by atoms with Gasteiger partial charge in [-0.3, -0.25) is 24.0 Å². The molecule has 13 heteroatoms. The number of phenolic OH excluding ortho intramolecular Hbond substituents is 1. The Hall–Kier alpha value is -4.68. The number of hydrogen-bond donors (Lipinski definition) is 6. The number of nitrogens with two attached hydrogens (primary N) is 1. The topological polar surface area (TPSA) is 206 Å². The van der Waals surface area contributed by atoms with Crippen molar-refractivity contribution in [2.45, 2.75) is 104 Å². The highest BCUT2D eigenvalue weighted by molar-refractivity contribution is 5.95. The van der Waals surface area contributed by atoms with E-state index in [4.69, 9.17) is 10.5 Å². The van der Waals surface area contributed by atoms with E-state index in [0.29, 0.717) is 5.56 Å². The molecular weight excluding hydrogens is 642 g/mol. The summed E-state index contributed by atoms with van der Waals surface area (Å²) in [5.41, 5.74) is 6.51. The van der Waals surface area contributed by atoms with E-state index in [0.717, 1.165) is 38.2 Å². The predicted octanol–water partition coefficient (Wildman–Crippen LogP) is 2.56. The molecule has 1 unspecified atom stereocenters. The van der Waals surface area contributed by atoms with Crippen LogP contribution < -0.4 is 27.0 Å². The lowest BCUT2D eigenvalue weighted by Crippen LogP contribution is -2.55. The number of amides is 5. The normalized spacial score (nSPS) is 21.2. The molecule has 0 saturated carbocycles. The molecule has 276 valence electrons. The van der Waals surface area contributed by atoms with Gasteiger partial charge in [0.05, 0.1) is 17.9 Å². The van der Waals surface area contributed by atoms with Crippen molar-refractivity contribution in [3.05, 3.63) is 54.1 Å². The number of nitrogens with one attached hydrogen (secondary N) is 4. The number of phenols is 1. The summed E-state index contributed by atoms with van der Waals surface area (Å²) in [7, 11) is 0. The van der Waals surface area contributed by atoms with Crippen LogP contribution in [0, 0.1) is 23.7 Å². The van der Waals surface area contributed by atoms with Crippen LogP contribution in [0.4, 0.5) is 0 Å². The molecule has 0 aromatic heterocycles. The Kier molecular flexibility index (Phi) is 17.2. The molecule has 5 amide bonds. The van der Waals surface area contributed by atoms with E-state index >= 15 is 0 Å². The molecule has 1 aromatic rings. The molecule has 0 fully saturated rings. The molecule has 13 nitrogen and oxygen atoms in total. The number of carbonyl (C=O) groups excluding carboxylic acids is 6. The first-order valence-corrected chi connectivity index (χ1v) is 17.4. The Morgan fingerprint density at radius 2 is 1.70 bits per heavy atom. The molecule has 0 aliphatic carbocycles. The highest BCUT2D eigenvalue weighted by Crippen LogP contribution is 2.23. The molecule has 0 spiro atoms. The largest absolute Gasteiger partial charge is 0.508 e. The van der Waals surface area contributed by atoms with Crippen LogP contribution in [-0.4, -0.2) is 71.4 Å². The summed E-state index contributed by atoms with van der Waals surface area (Å²) in [6, 6.07) is 2.30. The number of unbranched alkanes of at least 4 members (excludes halogenated alkanes) is 4. The fraction of sp³-hybridized carbons (Fsp3) is 0.568. The third kappa shape index (κ3) is 13.7. The number of rotatable bonds is 16. The van der Waals surface area contributed by atoms with Crippen LogP contribution in [0.5, 0.6) is 5.75 Å². The number of cyclic esters (lactones) is 1. The molecule has 7 N–H and O–H groups in total.